The maximum absolute atomic E-state index is 11.2. The zero-order valence-electron chi connectivity index (χ0n) is 9.83. The van der Waals surface area contributed by atoms with Crippen LogP contribution in [-0.4, -0.2) is 33.1 Å². The van der Waals surface area contributed by atoms with Crippen LogP contribution in [0.25, 0.3) is 0 Å². The highest BCUT2D eigenvalue weighted by Crippen LogP contribution is 2.34. The Morgan fingerprint density at radius 3 is 1.78 bits per heavy atom. The minimum atomic E-state index is -4.68. The average Bonchev–Trinajstić information content (AvgIpc) is 2.11. The molecule has 0 amide bonds. The van der Waals surface area contributed by atoms with Gasteiger partial charge in [0, 0.05) is 0 Å². The topological polar surface area (TPSA) is 118 Å². The number of hydrogen-bond acceptors (Lipinski definition) is 5. The van der Waals surface area contributed by atoms with Crippen molar-refractivity contribution in [2.24, 2.45) is 0 Å². The van der Waals surface area contributed by atoms with Crippen molar-refractivity contribution in [2.75, 3.05) is 7.11 Å². The van der Waals surface area contributed by atoms with Crippen LogP contribution in [0.1, 0.15) is 11.1 Å². The molecule has 0 aliphatic rings. The van der Waals surface area contributed by atoms with Gasteiger partial charge in [-0.15, -0.1) is 0 Å². The van der Waals surface area contributed by atoms with Crippen LogP contribution in [-0.2, 0) is 20.2 Å². The molecule has 9 heteroatoms. The van der Waals surface area contributed by atoms with E-state index in [1.165, 1.54) is 14.0 Å². The van der Waals surface area contributed by atoms with Gasteiger partial charge in [-0.1, -0.05) is 0 Å². The molecule has 0 aliphatic heterocycles. The van der Waals surface area contributed by atoms with Crippen molar-refractivity contribution in [3.05, 3.63) is 17.2 Å². The summed E-state index contributed by atoms with van der Waals surface area (Å²) in [6, 6.07) is 1.11. The lowest BCUT2D eigenvalue weighted by atomic mass is 10.1. The van der Waals surface area contributed by atoms with Crippen LogP contribution in [0.4, 0.5) is 0 Å². The van der Waals surface area contributed by atoms with Crippen LogP contribution in [0.3, 0.4) is 0 Å². The molecule has 1 aromatic rings. The molecular formula is C9H12O7S2. The van der Waals surface area contributed by atoms with Crippen molar-refractivity contribution >= 4 is 20.2 Å². The highest BCUT2D eigenvalue weighted by Gasteiger charge is 2.28. The van der Waals surface area contributed by atoms with Crippen LogP contribution in [0.15, 0.2) is 15.9 Å². The Morgan fingerprint density at radius 1 is 1.00 bits per heavy atom. The van der Waals surface area contributed by atoms with E-state index >= 15 is 0 Å². The fraction of sp³-hybridized carbons (Fsp3) is 0.333. The molecule has 0 atom stereocenters. The van der Waals surface area contributed by atoms with Crippen molar-refractivity contribution in [1.82, 2.24) is 0 Å². The second-order valence-electron chi connectivity index (χ2n) is 3.63. The molecular weight excluding hydrogens is 284 g/mol. The smallest absolute Gasteiger partial charge is 0.298 e. The molecule has 0 fully saturated rings. The monoisotopic (exact) mass is 296 g/mol. The standard InChI is InChI=1S/C9H12O7S2/c1-5-4-7(16-3)9(18(13,14)15)6(2)8(5)17(10,11)12/h4H,1-3H3,(H,10,11,12)(H,13,14,15). The van der Waals surface area contributed by atoms with E-state index in [0.29, 0.717) is 0 Å². The number of ether oxygens (including phenoxy) is 1. The summed E-state index contributed by atoms with van der Waals surface area (Å²) in [6.07, 6.45) is 0. The predicted octanol–water partition coefficient (Wildman–Crippen LogP) is 0.805. The van der Waals surface area contributed by atoms with E-state index in [1.807, 2.05) is 0 Å². The summed E-state index contributed by atoms with van der Waals surface area (Å²) in [6.45, 7) is 2.52. The van der Waals surface area contributed by atoms with Crippen molar-refractivity contribution in [3.63, 3.8) is 0 Å². The number of aryl methyl sites for hydroxylation is 1. The zero-order valence-corrected chi connectivity index (χ0v) is 11.5. The fourth-order valence-corrected chi connectivity index (χ4v) is 3.69. The van der Waals surface area contributed by atoms with Gasteiger partial charge in [0.1, 0.15) is 15.5 Å². The van der Waals surface area contributed by atoms with E-state index in [-0.39, 0.29) is 16.9 Å². The Morgan fingerprint density at radius 2 is 1.44 bits per heavy atom. The molecule has 0 aliphatic carbocycles. The first kappa shape index (κ1) is 14.9. The van der Waals surface area contributed by atoms with E-state index in [1.54, 1.807) is 0 Å². The first-order valence-corrected chi connectivity index (χ1v) is 7.51. The predicted molar refractivity (Wildman–Crippen MR) is 62.1 cm³/mol. The van der Waals surface area contributed by atoms with E-state index in [0.717, 1.165) is 13.0 Å². The molecule has 0 bridgehead atoms. The minimum Gasteiger partial charge on any atom is -0.495 e. The SMILES string of the molecule is COc1cc(C)c(S(=O)(=O)O)c(C)c1S(=O)(=O)O. The fourth-order valence-electron chi connectivity index (χ4n) is 1.78. The second kappa shape index (κ2) is 4.50. The van der Waals surface area contributed by atoms with Gasteiger partial charge in [0.15, 0.2) is 0 Å². The van der Waals surface area contributed by atoms with Gasteiger partial charge in [0.05, 0.1) is 7.11 Å². The lowest BCUT2D eigenvalue weighted by Gasteiger charge is -2.14. The van der Waals surface area contributed by atoms with Crippen molar-refractivity contribution in [1.29, 1.82) is 0 Å². The molecule has 0 saturated carbocycles. The Balaban J connectivity index is 3.95. The second-order valence-corrected chi connectivity index (χ2v) is 6.35. The Labute approximate surface area is 105 Å². The molecule has 0 aromatic heterocycles. The molecule has 2 N–H and O–H groups in total. The third-order valence-electron chi connectivity index (χ3n) is 2.35. The molecule has 102 valence electrons. The third kappa shape index (κ3) is 2.64. The lowest BCUT2D eigenvalue weighted by Crippen LogP contribution is -2.11. The summed E-state index contributed by atoms with van der Waals surface area (Å²) in [5, 5.41) is 0. The van der Waals surface area contributed by atoms with E-state index in [2.05, 4.69) is 0 Å². The molecule has 0 spiro atoms. The average molecular weight is 296 g/mol. The molecule has 18 heavy (non-hydrogen) atoms. The summed E-state index contributed by atoms with van der Waals surface area (Å²) in [4.78, 5) is -1.24. The van der Waals surface area contributed by atoms with Gasteiger partial charge in [0.25, 0.3) is 20.2 Å². The minimum absolute atomic E-state index is 0.110. The first-order valence-electron chi connectivity index (χ1n) is 4.63. The van der Waals surface area contributed by atoms with Gasteiger partial charge >= 0.3 is 0 Å². The molecule has 0 heterocycles. The first-order chi connectivity index (χ1) is 8.00. The van der Waals surface area contributed by atoms with Crippen LogP contribution < -0.4 is 4.74 Å². The largest absolute Gasteiger partial charge is 0.495 e. The van der Waals surface area contributed by atoms with Gasteiger partial charge in [-0.3, -0.25) is 9.11 Å². The van der Waals surface area contributed by atoms with Crippen LogP contribution >= 0.6 is 0 Å². The Hall–Kier alpha value is -1.16. The number of hydrogen-bond donors (Lipinski definition) is 2. The van der Waals surface area contributed by atoms with Gasteiger partial charge in [-0.05, 0) is 31.0 Å². The van der Waals surface area contributed by atoms with Gasteiger partial charge < -0.3 is 4.74 Å². The van der Waals surface area contributed by atoms with Crippen molar-refractivity contribution < 1.29 is 30.7 Å². The summed E-state index contributed by atoms with van der Waals surface area (Å²) in [5.41, 5.74) is -0.184. The molecule has 7 nitrogen and oxygen atoms in total. The van der Waals surface area contributed by atoms with Crippen LogP contribution in [0.5, 0.6) is 5.75 Å². The summed E-state index contributed by atoms with van der Waals surface area (Å²) in [7, 11) is -8.10. The lowest BCUT2D eigenvalue weighted by molar-refractivity contribution is 0.395. The summed E-state index contributed by atoms with van der Waals surface area (Å²) < 4.78 is 67.8. The van der Waals surface area contributed by atoms with Crippen molar-refractivity contribution in [3.8, 4) is 5.75 Å². The highest BCUT2D eigenvalue weighted by molar-refractivity contribution is 7.86. The van der Waals surface area contributed by atoms with E-state index < -0.39 is 30.0 Å². The van der Waals surface area contributed by atoms with Gasteiger partial charge in [0.2, 0.25) is 0 Å². The molecule has 1 aromatic carbocycles. The molecule has 0 radical (unpaired) electrons. The van der Waals surface area contributed by atoms with Crippen LogP contribution in [0, 0.1) is 13.8 Å². The molecule has 0 saturated heterocycles. The normalized spacial score (nSPS) is 12.5. The number of methoxy groups -OCH3 is 1. The summed E-state index contributed by atoms with van der Waals surface area (Å²) >= 11 is 0. The Bertz CT molecular complexity index is 686. The zero-order chi connectivity index (χ0) is 14.3. The third-order valence-corrected chi connectivity index (χ3v) is 4.51. The van der Waals surface area contributed by atoms with Gasteiger partial charge in [-0.2, -0.15) is 16.8 Å². The Kier molecular flexibility index (Phi) is 3.73. The molecule has 0 unspecified atom stereocenters. The number of benzene rings is 1. The molecule has 1 rings (SSSR count). The van der Waals surface area contributed by atoms with Crippen LogP contribution in [0.2, 0.25) is 0 Å². The number of rotatable bonds is 3. The quantitative estimate of drug-likeness (QED) is 0.792. The maximum atomic E-state index is 11.2. The summed E-state index contributed by atoms with van der Waals surface area (Å²) in [5.74, 6) is -0.195. The highest BCUT2D eigenvalue weighted by atomic mass is 32.2. The van der Waals surface area contributed by atoms with Crippen molar-refractivity contribution in [2.45, 2.75) is 23.6 Å². The maximum Gasteiger partial charge on any atom is 0.298 e. The van der Waals surface area contributed by atoms with E-state index in [9.17, 15) is 16.8 Å². The van der Waals surface area contributed by atoms with E-state index in [4.69, 9.17) is 13.8 Å². The van der Waals surface area contributed by atoms with Gasteiger partial charge in [-0.25, -0.2) is 0 Å².